The molecule has 0 spiro atoms. The summed E-state index contributed by atoms with van der Waals surface area (Å²) >= 11 is 0. The maximum atomic E-state index is 4.38. The highest BCUT2D eigenvalue weighted by Crippen LogP contribution is 2.17. The third-order valence-corrected chi connectivity index (χ3v) is 3.02. The van der Waals surface area contributed by atoms with Gasteiger partial charge in [0, 0.05) is 33.3 Å². The van der Waals surface area contributed by atoms with Crippen LogP contribution in [0.15, 0.2) is 42.7 Å². The zero-order chi connectivity index (χ0) is 13.7. The molecule has 0 amide bonds. The highest BCUT2D eigenvalue weighted by atomic mass is 15.2. The van der Waals surface area contributed by atoms with Crippen LogP contribution in [0.3, 0.4) is 0 Å². The Morgan fingerprint density at radius 2 is 1.68 bits per heavy atom. The van der Waals surface area contributed by atoms with Crippen LogP contribution in [0.1, 0.15) is 12.5 Å². The van der Waals surface area contributed by atoms with Crippen LogP contribution in [0.25, 0.3) is 0 Å². The normalized spacial score (nSPS) is 10.3. The van der Waals surface area contributed by atoms with Crippen LogP contribution in [0, 0.1) is 0 Å². The molecule has 1 heterocycles. The lowest BCUT2D eigenvalue weighted by atomic mass is 10.2. The van der Waals surface area contributed by atoms with Crippen molar-refractivity contribution in [1.29, 1.82) is 0 Å². The SMILES string of the molecule is CCN(Cc1ccccc1)c1cc(N(C)C)ncn1. The van der Waals surface area contributed by atoms with Gasteiger partial charge >= 0.3 is 0 Å². The summed E-state index contributed by atoms with van der Waals surface area (Å²) in [5, 5.41) is 0. The van der Waals surface area contributed by atoms with E-state index < -0.39 is 0 Å². The molecule has 0 radical (unpaired) electrons. The first-order valence-electron chi connectivity index (χ1n) is 6.49. The lowest BCUT2D eigenvalue weighted by molar-refractivity contribution is 0.808. The number of aromatic nitrogens is 2. The van der Waals surface area contributed by atoms with Gasteiger partial charge < -0.3 is 9.80 Å². The summed E-state index contributed by atoms with van der Waals surface area (Å²) in [4.78, 5) is 12.9. The zero-order valence-electron chi connectivity index (χ0n) is 11.7. The molecule has 1 aromatic carbocycles. The predicted octanol–water partition coefficient (Wildman–Crippen LogP) is 2.57. The van der Waals surface area contributed by atoms with Gasteiger partial charge in [0.25, 0.3) is 0 Å². The summed E-state index contributed by atoms with van der Waals surface area (Å²) < 4.78 is 0. The van der Waals surface area contributed by atoms with E-state index in [4.69, 9.17) is 0 Å². The van der Waals surface area contributed by atoms with Crippen LogP contribution < -0.4 is 9.80 Å². The Balaban J connectivity index is 2.20. The molecule has 0 aliphatic carbocycles. The summed E-state index contributed by atoms with van der Waals surface area (Å²) in [7, 11) is 3.97. The monoisotopic (exact) mass is 256 g/mol. The standard InChI is InChI=1S/C15H20N4/c1-4-19(11-13-8-6-5-7-9-13)15-10-14(18(2)3)16-12-17-15/h5-10,12H,4,11H2,1-3H3. The Labute approximate surface area is 114 Å². The summed E-state index contributed by atoms with van der Waals surface area (Å²) in [6, 6.07) is 12.5. The molecule has 0 unspecified atom stereocenters. The fourth-order valence-electron chi connectivity index (χ4n) is 1.91. The third kappa shape index (κ3) is 3.44. The van der Waals surface area contributed by atoms with E-state index in [1.807, 2.05) is 31.1 Å². The lowest BCUT2D eigenvalue weighted by Crippen LogP contribution is -2.23. The van der Waals surface area contributed by atoms with Gasteiger partial charge in [0.15, 0.2) is 0 Å². The number of nitrogens with zero attached hydrogens (tertiary/aromatic N) is 4. The molecule has 0 atom stereocenters. The number of rotatable bonds is 5. The molecule has 100 valence electrons. The van der Waals surface area contributed by atoms with Gasteiger partial charge in [-0.2, -0.15) is 0 Å². The summed E-state index contributed by atoms with van der Waals surface area (Å²) in [6.07, 6.45) is 1.62. The van der Waals surface area contributed by atoms with E-state index >= 15 is 0 Å². The zero-order valence-corrected chi connectivity index (χ0v) is 11.7. The maximum absolute atomic E-state index is 4.38. The van der Waals surface area contributed by atoms with Crippen molar-refractivity contribution in [2.45, 2.75) is 13.5 Å². The summed E-state index contributed by atoms with van der Waals surface area (Å²) in [6.45, 7) is 3.92. The topological polar surface area (TPSA) is 32.3 Å². The first-order valence-corrected chi connectivity index (χ1v) is 6.49. The van der Waals surface area contributed by atoms with Gasteiger partial charge in [0.2, 0.25) is 0 Å². The molecule has 0 saturated heterocycles. The highest BCUT2D eigenvalue weighted by Gasteiger charge is 2.08. The van der Waals surface area contributed by atoms with Crippen molar-refractivity contribution in [2.75, 3.05) is 30.4 Å². The molecule has 0 N–H and O–H groups in total. The van der Waals surface area contributed by atoms with Crippen LogP contribution in [0.2, 0.25) is 0 Å². The van der Waals surface area contributed by atoms with Gasteiger partial charge in [-0.25, -0.2) is 9.97 Å². The Bertz CT molecular complexity index is 511. The van der Waals surface area contributed by atoms with E-state index in [0.717, 1.165) is 24.7 Å². The fourth-order valence-corrected chi connectivity index (χ4v) is 1.91. The van der Waals surface area contributed by atoms with Crippen molar-refractivity contribution in [2.24, 2.45) is 0 Å². The van der Waals surface area contributed by atoms with Crippen molar-refractivity contribution in [3.63, 3.8) is 0 Å². The van der Waals surface area contributed by atoms with Crippen LogP contribution in [-0.2, 0) is 6.54 Å². The van der Waals surface area contributed by atoms with Crippen LogP contribution >= 0.6 is 0 Å². The number of hydrogen-bond acceptors (Lipinski definition) is 4. The highest BCUT2D eigenvalue weighted by molar-refractivity contribution is 5.49. The van der Waals surface area contributed by atoms with Gasteiger partial charge in [-0.3, -0.25) is 0 Å². The van der Waals surface area contributed by atoms with Crippen LogP contribution in [0.5, 0.6) is 0 Å². The molecule has 19 heavy (non-hydrogen) atoms. The van der Waals surface area contributed by atoms with Gasteiger partial charge in [-0.15, -0.1) is 0 Å². The van der Waals surface area contributed by atoms with Crippen LogP contribution in [-0.4, -0.2) is 30.6 Å². The second-order valence-corrected chi connectivity index (χ2v) is 4.63. The molecule has 0 saturated carbocycles. The minimum Gasteiger partial charge on any atom is -0.363 e. The van der Waals surface area contributed by atoms with E-state index in [2.05, 4.69) is 46.1 Å². The number of anilines is 2. The predicted molar refractivity (Wildman–Crippen MR) is 79.5 cm³/mol. The maximum Gasteiger partial charge on any atom is 0.134 e. The van der Waals surface area contributed by atoms with E-state index in [9.17, 15) is 0 Å². The van der Waals surface area contributed by atoms with Gasteiger partial charge in [0.1, 0.15) is 18.0 Å². The smallest absolute Gasteiger partial charge is 0.134 e. The Morgan fingerprint density at radius 3 is 2.32 bits per heavy atom. The van der Waals surface area contributed by atoms with E-state index in [-0.39, 0.29) is 0 Å². The molecule has 4 heteroatoms. The third-order valence-electron chi connectivity index (χ3n) is 3.02. The molecule has 0 bridgehead atoms. The summed E-state index contributed by atoms with van der Waals surface area (Å²) in [5.74, 6) is 1.89. The quantitative estimate of drug-likeness (QED) is 0.823. The molecule has 1 aromatic heterocycles. The van der Waals surface area contributed by atoms with Gasteiger partial charge in [-0.1, -0.05) is 30.3 Å². The Hall–Kier alpha value is -2.10. The molecular formula is C15H20N4. The average Bonchev–Trinajstić information content (AvgIpc) is 2.46. The number of hydrogen-bond donors (Lipinski definition) is 0. The molecule has 0 aliphatic rings. The molecule has 2 aromatic rings. The minimum absolute atomic E-state index is 0.862. The van der Waals surface area contributed by atoms with Gasteiger partial charge in [-0.05, 0) is 12.5 Å². The Kier molecular flexibility index (Phi) is 4.34. The Morgan fingerprint density at radius 1 is 1.00 bits per heavy atom. The fraction of sp³-hybridized carbons (Fsp3) is 0.333. The first-order chi connectivity index (χ1) is 9.20. The average molecular weight is 256 g/mol. The molecule has 2 rings (SSSR count). The van der Waals surface area contributed by atoms with E-state index in [1.54, 1.807) is 6.33 Å². The van der Waals surface area contributed by atoms with Crippen LogP contribution in [0.4, 0.5) is 11.6 Å². The largest absolute Gasteiger partial charge is 0.363 e. The van der Waals surface area contributed by atoms with Crippen molar-refractivity contribution < 1.29 is 0 Å². The molecular weight excluding hydrogens is 236 g/mol. The molecule has 0 aliphatic heterocycles. The van der Waals surface area contributed by atoms with Crippen molar-refractivity contribution in [1.82, 2.24) is 9.97 Å². The number of benzene rings is 1. The van der Waals surface area contributed by atoms with Crippen molar-refractivity contribution >= 4 is 11.6 Å². The van der Waals surface area contributed by atoms with E-state index in [0.29, 0.717) is 0 Å². The second-order valence-electron chi connectivity index (χ2n) is 4.63. The molecule has 0 fully saturated rings. The second kappa shape index (κ2) is 6.18. The minimum atomic E-state index is 0.862. The van der Waals surface area contributed by atoms with Crippen molar-refractivity contribution in [3.05, 3.63) is 48.3 Å². The van der Waals surface area contributed by atoms with Gasteiger partial charge in [0.05, 0.1) is 0 Å². The van der Waals surface area contributed by atoms with E-state index in [1.165, 1.54) is 5.56 Å². The van der Waals surface area contributed by atoms with Crippen molar-refractivity contribution in [3.8, 4) is 0 Å². The first kappa shape index (κ1) is 13.3. The molecule has 4 nitrogen and oxygen atoms in total. The lowest BCUT2D eigenvalue weighted by Gasteiger charge is -2.23. The summed E-state index contributed by atoms with van der Waals surface area (Å²) in [5.41, 5.74) is 1.29.